The molecule has 0 aromatic rings. The van der Waals surface area contributed by atoms with Crippen LogP contribution < -0.4 is 16.4 Å². The standard InChI is InChI=1S/C12H23N3O2/c1-7-4-5-9(6-10(7)13)12(17)15-8(2)11(16)14-3/h7-10H,4-6,13H2,1-3H3,(H,14,16)(H,15,17). The highest BCUT2D eigenvalue weighted by molar-refractivity contribution is 5.88. The van der Waals surface area contributed by atoms with Crippen LogP contribution in [0.3, 0.4) is 0 Å². The maximum absolute atomic E-state index is 11.9. The molecule has 4 unspecified atom stereocenters. The molecular formula is C12H23N3O2. The lowest BCUT2D eigenvalue weighted by molar-refractivity contribution is -0.131. The molecule has 0 bridgehead atoms. The van der Waals surface area contributed by atoms with Crippen LogP contribution >= 0.6 is 0 Å². The minimum atomic E-state index is -0.483. The molecule has 1 aliphatic carbocycles. The Morgan fingerprint density at radius 2 is 2.00 bits per heavy atom. The van der Waals surface area contributed by atoms with E-state index in [0.717, 1.165) is 12.8 Å². The van der Waals surface area contributed by atoms with Crippen LogP contribution in [0.2, 0.25) is 0 Å². The zero-order chi connectivity index (χ0) is 13.0. The van der Waals surface area contributed by atoms with Crippen molar-refractivity contribution < 1.29 is 9.59 Å². The molecule has 0 aliphatic heterocycles. The van der Waals surface area contributed by atoms with Gasteiger partial charge in [-0.3, -0.25) is 9.59 Å². The molecule has 17 heavy (non-hydrogen) atoms. The lowest BCUT2D eigenvalue weighted by atomic mass is 9.79. The molecule has 5 nitrogen and oxygen atoms in total. The van der Waals surface area contributed by atoms with E-state index in [9.17, 15) is 9.59 Å². The highest BCUT2D eigenvalue weighted by Crippen LogP contribution is 2.27. The summed E-state index contributed by atoms with van der Waals surface area (Å²) in [6.07, 6.45) is 2.56. The second kappa shape index (κ2) is 6.00. The van der Waals surface area contributed by atoms with E-state index in [4.69, 9.17) is 5.73 Å². The van der Waals surface area contributed by atoms with Crippen molar-refractivity contribution in [3.63, 3.8) is 0 Å². The summed E-state index contributed by atoms with van der Waals surface area (Å²) < 4.78 is 0. The Morgan fingerprint density at radius 3 is 2.53 bits per heavy atom. The third kappa shape index (κ3) is 3.70. The van der Waals surface area contributed by atoms with E-state index in [0.29, 0.717) is 12.3 Å². The molecule has 1 aliphatic rings. The van der Waals surface area contributed by atoms with Crippen LogP contribution in [0.15, 0.2) is 0 Å². The minimum absolute atomic E-state index is 0.0479. The molecule has 0 spiro atoms. The molecule has 0 aromatic heterocycles. The van der Waals surface area contributed by atoms with Gasteiger partial charge < -0.3 is 16.4 Å². The van der Waals surface area contributed by atoms with E-state index in [1.807, 2.05) is 0 Å². The summed E-state index contributed by atoms with van der Waals surface area (Å²) in [5.41, 5.74) is 5.96. The van der Waals surface area contributed by atoms with Crippen molar-refractivity contribution in [1.82, 2.24) is 10.6 Å². The molecule has 5 heteroatoms. The number of rotatable bonds is 3. The molecule has 2 amide bonds. The van der Waals surface area contributed by atoms with Gasteiger partial charge in [0.25, 0.3) is 0 Å². The van der Waals surface area contributed by atoms with Crippen LogP contribution in [0.25, 0.3) is 0 Å². The fraction of sp³-hybridized carbons (Fsp3) is 0.833. The predicted molar refractivity (Wildman–Crippen MR) is 66.2 cm³/mol. The van der Waals surface area contributed by atoms with E-state index >= 15 is 0 Å². The van der Waals surface area contributed by atoms with Gasteiger partial charge in [-0.2, -0.15) is 0 Å². The Hall–Kier alpha value is -1.10. The van der Waals surface area contributed by atoms with Gasteiger partial charge in [-0.15, -0.1) is 0 Å². The number of nitrogens with one attached hydrogen (secondary N) is 2. The first kappa shape index (κ1) is 14.0. The van der Waals surface area contributed by atoms with Crippen molar-refractivity contribution in [2.45, 2.75) is 45.2 Å². The molecular weight excluding hydrogens is 218 g/mol. The van der Waals surface area contributed by atoms with Crippen LogP contribution in [0, 0.1) is 11.8 Å². The minimum Gasteiger partial charge on any atom is -0.357 e. The predicted octanol–water partition coefficient (Wildman–Crippen LogP) is 0.000600. The lowest BCUT2D eigenvalue weighted by Gasteiger charge is -2.31. The normalized spacial score (nSPS) is 30.5. The van der Waals surface area contributed by atoms with E-state index in [-0.39, 0.29) is 23.8 Å². The zero-order valence-corrected chi connectivity index (χ0v) is 10.8. The van der Waals surface area contributed by atoms with Crippen molar-refractivity contribution in [3.05, 3.63) is 0 Å². The summed E-state index contributed by atoms with van der Waals surface area (Å²) in [4.78, 5) is 23.2. The van der Waals surface area contributed by atoms with Gasteiger partial charge in [-0.05, 0) is 32.1 Å². The molecule has 98 valence electrons. The highest BCUT2D eigenvalue weighted by atomic mass is 16.2. The van der Waals surface area contributed by atoms with E-state index in [1.165, 1.54) is 0 Å². The summed E-state index contributed by atoms with van der Waals surface area (Å²) in [6, 6.07) is -0.391. The zero-order valence-electron chi connectivity index (χ0n) is 10.8. The molecule has 4 atom stereocenters. The Labute approximate surface area is 103 Å². The van der Waals surface area contributed by atoms with Crippen molar-refractivity contribution in [2.24, 2.45) is 17.6 Å². The maximum Gasteiger partial charge on any atom is 0.242 e. The van der Waals surface area contributed by atoms with Crippen molar-refractivity contribution in [1.29, 1.82) is 0 Å². The van der Waals surface area contributed by atoms with Gasteiger partial charge in [-0.1, -0.05) is 6.92 Å². The molecule has 1 saturated carbocycles. The molecule has 4 N–H and O–H groups in total. The summed E-state index contributed by atoms with van der Waals surface area (Å²) in [6.45, 7) is 3.80. The third-order valence-corrected chi connectivity index (χ3v) is 3.63. The molecule has 0 saturated heterocycles. The molecule has 0 radical (unpaired) electrons. The van der Waals surface area contributed by atoms with Gasteiger partial charge in [0.2, 0.25) is 11.8 Å². The number of amides is 2. The van der Waals surface area contributed by atoms with Crippen molar-refractivity contribution >= 4 is 11.8 Å². The summed E-state index contributed by atoms with van der Waals surface area (Å²) >= 11 is 0. The molecule has 0 heterocycles. The van der Waals surface area contributed by atoms with E-state index < -0.39 is 6.04 Å². The first-order valence-electron chi connectivity index (χ1n) is 6.23. The Kier molecular flexibility index (Phi) is 4.93. The van der Waals surface area contributed by atoms with Gasteiger partial charge in [-0.25, -0.2) is 0 Å². The first-order chi connectivity index (χ1) is 7.95. The largest absolute Gasteiger partial charge is 0.357 e. The highest BCUT2D eigenvalue weighted by Gasteiger charge is 2.30. The first-order valence-corrected chi connectivity index (χ1v) is 6.23. The maximum atomic E-state index is 11.9. The van der Waals surface area contributed by atoms with Gasteiger partial charge >= 0.3 is 0 Å². The van der Waals surface area contributed by atoms with Gasteiger partial charge in [0, 0.05) is 19.0 Å². The van der Waals surface area contributed by atoms with Gasteiger partial charge in [0.05, 0.1) is 0 Å². The topological polar surface area (TPSA) is 84.2 Å². The number of likely N-dealkylation sites (N-methyl/N-ethyl adjacent to an activating group) is 1. The van der Waals surface area contributed by atoms with Gasteiger partial charge in [0.15, 0.2) is 0 Å². The number of hydrogen-bond donors (Lipinski definition) is 3. The van der Waals surface area contributed by atoms with Crippen LogP contribution in [-0.2, 0) is 9.59 Å². The Morgan fingerprint density at radius 1 is 1.35 bits per heavy atom. The number of nitrogens with two attached hydrogens (primary N) is 1. The van der Waals surface area contributed by atoms with E-state index in [1.54, 1.807) is 14.0 Å². The average Bonchev–Trinajstić information content (AvgIpc) is 2.31. The van der Waals surface area contributed by atoms with Crippen LogP contribution in [0.5, 0.6) is 0 Å². The molecule has 1 rings (SSSR count). The van der Waals surface area contributed by atoms with E-state index in [2.05, 4.69) is 17.6 Å². The van der Waals surface area contributed by atoms with Crippen molar-refractivity contribution in [3.8, 4) is 0 Å². The lowest BCUT2D eigenvalue weighted by Crippen LogP contribution is -2.48. The molecule has 1 fully saturated rings. The van der Waals surface area contributed by atoms with Crippen LogP contribution in [0.4, 0.5) is 0 Å². The Bertz CT molecular complexity index is 293. The second-order valence-corrected chi connectivity index (χ2v) is 5.00. The fourth-order valence-corrected chi connectivity index (χ4v) is 2.21. The average molecular weight is 241 g/mol. The number of carbonyl (C=O) groups excluding carboxylic acids is 2. The Balaban J connectivity index is 2.45. The summed E-state index contributed by atoms with van der Waals surface area (Å²) in [5, 5.41) is 5.24. The smallest absolute Gasteiger partial charge is 0.242 e. The number of hydrogen-bond acceptors (Lipinski definition) is 3. The SMILES string of the molecule is CNC(=O)C(C)NC(=O)C1CCC(C)C(N)C1. The third-order valence-electron chi connectivity index (χ3n) is 3.63. The quantitative estimate of drug-likeness (QED) is 0.650. The van der Waals surface area contributed by atoms with Crippen LogP contribution in [0.1, 0.15) is 33.1 Å². The fourth-order valence-electron chi connectivity index (χ4n) is 2.21. The van der Waals surface area contributed by atoms with Crippen molar-refractivity contribution in [2.75, 3.05) is 7.05 Å². The monoisotopic (exact) mass is 241 g/mol. The number of carbonyl (C=O) groups is 2. The molecule has 0 aromatic carbocycles. The summed E-state index contributed by atoms with van der Waals surface area (Å²) in [5.74, 6) is 0.207. The second-order valence-electron chi connectivity index (χ2n) is 5.00. The van der Waals surface area contributed by atoms with Gasteiger partial charge in [0.1, 0.15) is 6.04 Å². The van der Waals surface area contributed by atoms with Crippen LogP contribution in [-0.4, -0.2) is 30.9 Å². The summed E-state index contributed by atoms with van der Waals surface area (Å²) in [7, 11) is 1.56.